The van der Waals surface area contributed by atoms with E-state index >= 15 is 0 Å². The van der Waals surface area contributed by atoms with Gasteiger partial charge in [-0.25, -0.2) is 0 Å². The zero-order chi connectivity index (χ0) is 29.7. The van der Waals surface area contributed by atoms with Gasteiger partial charge in [0.2, 0.25) is 5.88 Å². The maximum Gasteiger partial charge on any atom is 0.586 e. The first-order valence-corrected chi connectivity index (χ1v) is 12.6. The number of ether oxygens (including phenoxy) is 3. The van der Waals surface area contributed by atoms with Crippen LogP contribution in [0.4, 0.5) is 27.6 Å². The number of fused-ring (bicyclic) bond motifs is 1. The minimum absolute atomic E-state index is 0.0288. The second-order valence-corrected chi connectivity index (χ2v) is 9.90. The lowest BCUT2D eigenvalue weighted by Crippen LogP contribution is -2.28. The van der Waals surface area contributed by atoms with E-state index in [2.05, 4.69) is 14.6 Å². The van der Waals surface area contributed by atoms with Crippen LogP contribution in [0.15, 0.2) is 42.5 Å². The molecular formula is C26H21ClF5N3O6. The molecule has 1 amide bonds. The summed E-state index contributed by atoms with van der Waals surface area (Å²) in [5, 5.41) is 12.1. The van der Waals surface area contributed by atoms with Crippen molar-refractivity contribution in [2.24, 2.45) is 5.92 Å². The molecule has 1 aromatic heterocycles. The van der Waals surface area contributed by atoms with Crippen LogP contribution in [-0.2, 0) is 11.0 Å². The predicted octanol–water partition coefficient (Wildman–Crippen LogP) is 6.16. The molecule has 2 aliphatic rings. The minimum Gasteiger partial charge on any atom is -0.481 e. The number of halogens is 6. The van der Waals surface area contributed by atoms with Gasteiger partial charge in [0.1, 0.15) is 11.1 Å². The Balaban J connectivity index is 1.43. The summed E-state index contributed by atoms with van der Waals surface area (Å²) in [7, 11) is 1.37. The van der Waals surface area contributed by atoms with Crippen molar-refractivity contribution in [3.63, 3.8) is 0 Å². The van der Waals surface area contributed by atoms with E-state index < -0.39 is 53.0 Å². The molecule has 1 fully saturated rings. The molecule has 2 aromatic carbocycles. The molecule has 9 nitrogen and oxygen atoms in total. The van der Waals surface area contributed by atoms with Gasteiger partial charge in [-0.3, -0.25) is 9.59 Å². The highest BCUT2D eigenvalue weighted by atomic mass is 35.5. The number of alkyl halides is 5. The Bertz CT molecular complexity index is 1500. The van der Waals surface area contributed by atoms with E-state index in [4.69, 9.17) is 16.3 Å². The first kappa shape index (κ1) is 28.5. The Morgan fingerprint density at radius 2 is 1.78 bits per heavy atom. The van der Waals surface area contributed by atoms with E-state index in [1.807, 2.05) is 0 Å². The number of nitrogens with zero attached hydrogens (tertiary/aromatic N) is 3. The number of carbonyl (C=O) groups is 2. The van der Waals surface area contributed by atoms with Gasteiger partial charge in [0.15, 0.2) is 17.2 Å². The monoisotopic (exact) mass is 601 g/mol. The lowest BCUT2D eigenvalue weighted by atomic mass is 9.87. The van der Waals surface area contributed by atoms with Crippen LogP contribution in [0.1, 0.15) is 41.7 Å². The van der Waals surface area contributed by atoms with Gasteiger partial charge in [0, 0.05) is 24.4 Å². The largest absolute Gasteiger partial charge is 0.586 e. The Hall–Kier alpha value is -4.07. The van der Waals surface area contributed by atoms with E-state index in [1.54, 1.807) is 0 Å². The van der Waals surface area contributed by atoms with Gasteiger partial charge in [-0.05, 0) is 56.0 Å². The fourth-order valence-corrected chi connectivity index (χ4v) is 4.92. The summed E-state index contributed by atoms with van der Waals surface area (Å²) < 4.78 is 83.4. The summed E-state index contributed by atoms with van der Waals surface area (Å²) in [6, 6.07) is 9.26. The van der Waals surface area contributed by atoms with Crippen molar-refractivity contribution < 1.29 is 50.9 Å². The molecule has 0 radical (unpaired) electrons. The fourth-order valence-electron chi connectivity index (χ4n) is 4.65. The van der Waals surface area contributed by atoms with E-state index in [0.717, 1.165) is 9.58 Å². The third-order valence-corrected chi connectivity index (χ3v) is 7.11. The number of carboxylic acids is 1. The number of benzene rings is 2. The molecular weight excluding hydrogens is 581 g/mol. The van der Waals surface area contributed by atoms with Crippen LogP contribution >= 0.6 is 11.6 Å². The second-order valence-electron chi connectivity index (χ2n) is 9.52. The van der Waals surface area contributed by atoms with Gasteiger partial charge in [-0.1, -0.05) is 17.7 Å². The zero-order valence-electron chi connectivity index (χ0n) is 21.1. The first-order valence-electron chi connectivity index (χ1n) is 12.3. The van der Waals surface area contributed by atoms with Crippen molar-refractivity contribution in [1.82, 2.24) is 9.78 Å². The molecule has 218 valence electrons. The molecule has 41 heavy (non-hydrogen) atoms. The molecule has 1 N–H and O–H groups in total. The number of rotatable bonds is 6. The number of hydrogen-bond donors (Lipinski definition) is 1. The van der Waals surface area contributed by atoms with E-state index in [1.165, 1.54) is 49.5 Å². The average molecular weight is 602 g/mol. The Morgan fingerprint density at radius 3 is 2.44 bits per heavy atom. The number of aliphatic carboxylic acids is 1. The summed E-state index contributed by atoms with van der Waals surface area (Å²) >= 11 is 6.09. The summed E-state index contributed by atoms with van der Waals surface area (Å²) in [5.74, 6) is -3.01. The molecule has 0 spiro atoms. The van der Waals surface area contributed by atoms with E-state index in [-0.39, 0.29) is 54.1 Å². The predicted molar refractivity (Wildman–Crippen MR) is 133 cm³/mol. The smallest absolute Gasteiger partial charge is 0.481 e. The van der Waals surface area contributed by atoms with Gasteiger partial charge in [0.25, 0.3) is 5.91 Å². The highest BCUT2D eigenvalue weighted by Crippen LogP contribution is 2.44. The van der Waals surface area contributed by atoms with Crippen LogP contribution in [0.2, 0.25) is 5.02 Å². The standard InChI is InChI=1S/C26H21ClF5N3O6/c1-34(15-7-10-18-19(12-15)41-26(31,32)40-18)22(36)14-3-2-4-16(11-14)35-23(20(27)21(33-35)25(28,29)30)39-17-8-5-13(6-9-17)24(37)38/h2-4,7,10-13,17H,5-6,8-9H2,1H3,(H,37,38). The Labute approximate surface area is 234 Å². The van der Waals surface area contributed by atoms with Crippen molar-refractivity contribution >= 4 is 29.2 Å². The van der Waals surface area contributed by atoms with Crippen LogP contribution in [-0.4, -0.2) is 46.2 Å². The van der Waals surface area contributed by atoms with Crippen LogP contribution in [0.5, 0.6) is 17.4 Å². The number of aromatic nitrogens is 2. The van der Waals surface area contributed by atoms with Crippen LogP contribution in [0.25, 0.3) is 5.69 Å². The van der Waals surface area contributed by atoms with Crippen molar-refractivity contribution in [3.8, 4) is 23.1 Å². The average Bonchev–Trinajstić information content (AvgIpc) is 3.42. The molecule has 0 saturated heterocycles. The lowest BCUT2D eigenvalue weighted by Gasteiger charge is -2.27. The summed E-state index contributed by atoms with van der Waals surface area (Å²) in [6.45, 7) is 0. The lowest BCUT2D eigenvalue weighted by molar-refractivity contribution is -0.286. The Morgan fingerprint density at radius 1 is 1.10 bits per heavy atom. The van der Waals surface area contributed by atoms with Gasteiger partial charge in [-0.2, -0.15) is 23.0 Å². The normalized spacial score (nSPS) is 19.6. The molecule has 15 heteroatoms. The molecule has 5 rings (SSSR count). The number of anilines is 1. The summed E-state index contributed by atoms with van der Waals surface area (Å²) in [4.78, 5) is 25.7. The third-order valence-electron chi connectivity index (χ3n) is 6.77. The number of hydrogen-bond acceptors (Lipinski definition) is 6. The number of carbonyl (C=O) groups excluding carboxylic acids is 1. The SMILES string of the molecule is CN(C(=O)c1cccc(-n2nc(C(F)(F)F)c(Cl)c2OC2CCC(C(=O)O)CC2)c1)c1ccc2c(c1)OC(F)(F)O2. The summed E-state index contributed by atoms with van der Waals surface area (Å²) in [6.07, 6.45) is -8.22. The van der Waals surface area contributed by atoms with E-state index in [0.29, 0.717) is 0 Å². The van der Waals surface area contributed by atoms with Gasteiger partial charge >= 0.3 is 18.4 Å². The van der Waals surface area contributed by atoms with Crippen molar-refractivity contribution in [1.29, 1.82) is 0 Å². The van der Waals surface area contributed by atoms with Crippen molar-refractivity contribution in [2.45, 2.75) is 44.3 Å². The van der Waals surface area contributed by atoms with Crippen LogP contribution in [0, 0.1) is 5.92 Å². The fraction of sp³-hybridized carbons (Fsp3) is 0.346. The molecule has 1 saturated carbocycles. The molecule has 1 aliphatic heterocycles. The van der Waals surface area contributed by atoms with Gasteiger partial charge in [-0.15, -0.1) is 8.78 Å². The number of carboxylic acid groups (broad SMARTS) is 1. The maximum atomic E-state index is 13.7. The highest BCUT2D eigenvalue weighted by molar-refractivity contribution is 6.32. The quantitative estimate of drug-likeness (QED) is 0.337. The molecule has 3 aromatic rings. The zero-order valence-corrected chi connectivity index (χ0v) is 21.9. The van der Waals surface area contributed by atoms with Crippen LogP contribution in [0.3, 0.4) is 0 Å². The second kappa shape index (κ2) is 10.4. The first-order chi connectivity index (χ1) is 19.2. The molecule has 1 aliphatic carbocycles. The van der Waals surface area contributed by atoms with Crippen LogP contribution < -0.4 is 19.1 Å². The summed E-state index contributed by atoms with van der Waals surface area (Å²) in [5.41, 5.74) is -1.15. The molecule has 0 bridgehead atoms. The van der Waals surface area contributed by atoms with E-state index in [9.17, 15) is 36.6 Å². The number of amides is 1. The minimum atomic E-state index is -4.91. The maximum absolute atomic E-state index is 13.7. The topological polar surface area (TPSA) is 103 Å². The third kappa shape index (κ3) is 5.73. The molecule has 2 heterocycles. The highest BCUT2D eigenvalue weighted by Gasteiger charge is 2.44. The molecule has 0 unspecified atom stereocenters. The molecule has 0 atom stereocenters. The van der Waals surface area contributed by atoms with Gasteiger partial charge < -0.3 is 24.2 Å². The van der Waals surface area contributed by atoms with Crippen molar-refractivity contribution in [3.05, 3.63) is 58.7 Å². The van der Waals surface area contributed by atoms with Gasteiger partial charge in [0.05, 0.1) is 11.6 Å². The Kier molecular flexibility index (Phi) is 7.22. The van der Waals surface area contributed by atoms with Crippen molar-refractivity contribution in [2.75, 3.05) is 11.9 Å².